The number of carbonyl (C=O) groups is 3. The molecular weight excluding hydrogens is 524 g/mol. The van der Waals surface area contributed by atoms with Crippen molar-refractivity contribution >= 4 is 45.0 Å². The first-order chi connectivity index (χ1) is 18.5. The number of nitrogens with zero attached hydrogens (tertiary/aromatic N) is 2. The van der Waals surface area contributed by atoms with Gasteiger partial charge in [0, 0.05) is 30.2 Å². The zero-order valence-corrected chi connectivity index (χ0v) is 22.5. The highest BCUT2D eigenvalue weighted by atomic mass is 32.2. The Balaban J connectivity index is 1.72. The van der Waals surface area contributed by atoms with Gasteiger partial charge < -0.3 is 25.2 Å². The minimum atomic E-state index is -4.32. The fourth-order valence-electron chi connectivity index (χ4n) is 3.61. The van der Waals surface area contributed by atoms with Crippen LogP contribution in [0.3, 0.4) is 0 Å². The maximum atomic E-state index is 13.2. The Hall–Kier alpha value is -4.42. The van der Waals surface area contributed by atoms with Gasteiger partial charge >= 0.3 is 6.03 Å². The Morgan fingerprint density at radius 2 is 1.59 bits per heavy atom. The second-order valence-corrected chi connectivity index (χ2v) is 10.3. The summed E-state index contributed by atoms with van der Waals surface area (Å²) in [6, 6.07) is 20.8. The van der Waals surface area contributed by atoms with Crippen molar-refractivity contribution in [3.63, 3.8) is 0 Å². The van der Waals surface area contributed by atoms with Crippen molar-refractivity contribution in [1.82, 2.24) is 5.32 Å². The summed E-state index contributed by atoms with van der Waals surface area (Å²) in [5, 5.41) is 3.80. The van der Waals surface area contributed by atoms with Crippen molar-refractivity contribution < 1.29 is 32.1 Å². The topological polar surface area (TPSA) is 145 Å². The maximum Gasteiger partial charge on any atom is 0.319 e. The predicted molar refractivity (Wildman–Crippen MR) is 149 cm³/mol. The molecule has 1 atom stereocenters. The number of ether oxygens (including phenoxy) is 1. The Labute approximate surface area is 227 Å². The van der Waals surface area contributed by atoms with Gasteiger partial charge in [-0.1, -0.05) is 36.4 Å². The van der Waals surface area contributed by atoms with Crippen molar-refractivity contribution in [2.75, 3.05) is 42.4 Å². The molecule has 11 nitrogen and oxygen atoms in total. The molecule has 0 saturated heterocycles. The van der Waals surface area contributed by atoms with Crippen LogP contribution in [0.4, 0.5) is 21.9 Å². The van der Waals surface area contributed by atoms with E-state index in [-0.39, 0.29) is 23.7 Å². The maximum absolute atomic E-state index is 13.2. The number of urea groups is 1. The molecule has 206 valence electrons. The third kappa shape index (κ3) is 8.03. The van der Waals surface area contributed by atoms with Crippen LogP contribution in [-0.2, 0) is 19.7 Å². The number of anilines is 3. The fraction of sp³-hybridized carbons (Fsp3) is 0.222. The fourth-order valence-corrected chi connectivity index (χ4v) is 4.10. The van der Waals surface area contributed by atoms with Crippen LogP contribution in [0.1, 0.15) is 17.7 Å². The van der Waals surface area contributed by atoms with E-state index >= 15 is 0 Å². The van der Waals surface area contributed by atoms with E-state index in [9.17, 15) is 27.4 Å². The minimum Gasteiger partial charge on any atom is -0.497 e. The molecule has 0 spiro atoms. The van der Waals surface area contributed by atoms with Gasteiger partial charge in [0.1, 0.15) is 17.5 Å². The lowest BCUT2D eigenvalue weighted by atomic mass is 10.1. The monoisotopic (exact) mass is 554 g/mol. The van der Waals surface area contributed by atoms with Gasteiger partial charge in [0.2, 0.25) is 11.8 Å². The third-order valence-electron chi connectivity index (χ3n) is 5.94. The quantitative estimate of drug-likeness (QED) is 0.325. The minimum absolute atomic E-state index is 0.261. The molecule has 0 aromatic heterocycles. The van der Waals surface area contributed by atoms with Gasteiger partial charge in [0.15, 0.2) is 0 Å². The first kappa shape index (κ1) is 29.1. The highest BCUT2D eigenvalue weighted by Crippen LogP contribution is 2.24. The number of benzene rings is 3. The van der Waals surface area contributed by atoms with Crippen LogP contribution in [-0.4, -0.2) is 58.1 Å². The van der Waals surface area contributed by atoms with Crippen LogP contribution in [0.5, 0.6) is 5.75 Å². The molecule has 4 amide bonds. The van der Waals surface area contributed by atoms with Crippen LogP contribution in [0.25, 0.3) is 0 Å². The molecule has 12 heteroatoms. The zero-order chi connectivity index (χ0) is 28.6. The summed E-state index contributed by atoms with van der Waals surface area (Å²) >= 11 is 0. The molecule has 0 unspecified atom stereocenters. The van der Waals surface area contributed by atoms with Crippen LogP contribution in [0.15, 0.2) is 78.9 Å². The van der Waals surface area contributed by atoms with E-state index in [2.05, 4.69) is 10.6 Å². The predicted octanol–water partition coefficient (Wildman–Crippen LogP) is 3.46. The molecule has 0 radical (unpaired) electrons. The number of carbonyl (C=O) groups excluding carboxylic acids is 3. The van der Waals surface area contributed by atoms with Crippen molar-refractivity contribution in [2.24, 2.45) is 0 Å². The van der Waals surface area contributed by atoms with Gasteiger partial charge in [-0.2, -0.15) is 8.42 Å². The summed E-state index contributed by atoms with van der Waals surface area (Å²) in [4.78, 5) is 41.5. The van der Waals surface area contributed by atoms with E-state index in [0.29, 0.717) is 17.1 Å². The summed E-state index contributed by atoms with van der Waals surface area (Å²) in [6.07, 6.45) is 0. The second kappa shape index (κ2) is 12.9. The summed E-state index contributed by atoms with van der Waals surface area (Å²) in [7, 11) is -1.23. The van der Waals surface area contributed by atoms with E-state index in [4.69, 9.17) is 4.74 Å². The lowest BCUT2D eigenvalue weighted by Gasteiger charge is -2.26. The summed E-state index contributed by atoms with van der Waals surface area (Å²) in [5.41, 5.74) is 1.60. The Kier molecular flexibility index (Phi) is 9.63. The van der Waals surface area contributed by atoms with Crippen LogP contribution >= 0.6 is 0 Å². The summed E-state index contributed by atoms with van der Waals surface area (Å²) in [6.45, 7) is 0.583. The highest BCUT2D eigenvalue weighted by Gasteiger charge is 2.23. The van der Waals surface area contributed by atoms with Crippen molar-refractivity contribution in [2.45, 2.75) is 12.2 Å². The smallest absolute Gasteiger partial charge is 0.319 e. The molecule has 3 rings (SSSR count). The van der Waals surface area contributed by atoms with Gasteiger partial charge in [-0.05, 0) is 48.9 Å². The van der Waals surface area contributed by atoms with Crippen molar-refractivity contribution in [3.05, 3.63) is 84.4 Å². The number of likely N-dealkylation sites (N-methyl/N-ethyl adjacent to an activating group) is 1. The lowest BCUT2D eigenvalue weighted by Crippen LogP contribution is -2.46. The van der Waals surface area contributed by atoms with Crippen LogP contribution in [0, 0.1) is 0 Å². The average molecular weight is 555 g/mol. The molecule has 0 fully saturated rings. The molecule has 39 heavy (non-hydrogen) atoms. The number of rotatable bonds is 10. The van der Waals surface area contributed by atoms with Gasteiger partial charge in [0.25, 0.3) is 10.1 Å². The van der Waals surface area contributed by atoms with Crippen molar-refractivity contribution in [1.29, 1.82) is 0 Å². The molecule has 0 aliphatic carbocycles. The van der Waals surface area contributed by atoms with Gasteiger partial charge in [-0.15, -0.1) is 0 Å². The van der Waals surface area contributed by atoms with E-state index in [1.807, 2.05) is 6.07 Å². The third-order valence-corrected chi connectivity index (χ3v) is 7.10. The molecule has 0 aliphatic rings. The number of methoxy groups -OCH3 is 1. The summed E-state index contributed by atoms with van der Waals surface area (Å²) < 4.78 is 37.4. The standard InChI is InChI=1S/C27H30N4O7S/c1-19(39(35,36)37)20-9-7-10-21(15-20)29-27(34)28-17-25(32)31(23-13-8-14-24(16-23)38-3)18-26(33)30(2)22-11-5-4-6-12-22/h4-16,19H,17-18H2,1-3H3,(H2,28,29,34)(H,35,36,37)/t19-/m0/s1. The first-order valence-corrected chi connectivity index (χ1v) is 13.4. The number of hydrogen-bond donors (Lipinski definition) is 3. The van der Waals surface area contributed by atoms with Gasteiger partial charge in [-0.25, -0.2) is 4.79 Å². The van der Waals surface area contributed by atoms with Crippen molar-refractivity contribution in [3.8, 4) is 5.75 Å². The molecule has 0 saturated carbocycles. The molecule has 0 bridgehead atoms. The van der Waals surface area contributed by atoms with E-state index in [0.717, 1.165) is 0 Å². The molecule has 3 N–H and O–H groups in total. The van der Waals surface area contributed by atoms with E-state index in [1.165, 1.54) is 48.1 Å². The lowest BCUT2D eigenvalue weighted by molar-refractivity contribution is -0.121. The largest absolute Gasteiger partial charge is 0.497 e. The Morgan fingerprint density at radius 3 is 2.26 bits per heavy atom. The van der Waals surface area contributed by atoms with Crippen LogP contribution < -0.4 is 25.2 Å². The molecule has 0 aliphatic heterocycles. The van der Waals surface area contributed by atoms with Gasteiger partial charge in [0.05, 0.1) is 13.7 Å². The number of hydrogen-bond acceptors (Lipinski definition) is 6. The normalized spacial score (nSPS) is 11.7. The van der Waals surface area contributed by atoms with Gasteiger partial charge in [-0.3, -0.25) is 14.1 Å². The number of nitrogens with one attached hydrogen (secondary N) is 2. The van der Waals surface area contributed by atoms with Crippen LogP contribution in [0.2, 0.25) is 0 Å². The average Bonchev–Trinajstić information content (AvgIpc) is 2.93. The zero-order valence-electron chi connectivity index (χ0n) is 21.7. The highest BCUT2D eigenvalue weighted by molar-refractivity contribution is 7.86. The summed E-state index contributed by atoms with van der Waals surface area (Å²) in [5.74, 6) is -0.424. The molecule has 0 heterocycles. The number of para-hydroxylation sites is 1. The number of amides is 4. The molecule has 3 aromatic carbocycles. The first-order valence-electron chi connectivity index (χ1n) is 11.9. The molecule has 3 aromatic rings. The van der Waals surface area contributed by atoms with E-state index in [1.54, 1.807) is 55.6 Å². The Bertz CT molecular complexity index is 1430. The second-order valence-electron chi connectivity index (χ2n) is 8.56. The molecular formula is C27H30N4O7S. The SMILES string of the molecule is COc1cccc(N(CC(=O)N(C)c2ccccc2)C(=O)CNC(=O)Nc2cccc([C@H](C)S(=O)(=O)O)c2)c1. The Morgan fingerprint density at radius 1 is 0.923 bits per heavy atom. The van der Waals surface area contributed by atoms with E-state index < -0.39 is 33.9 Å².